The first kappa shape index (κ1) is 92.8. The van der Waals surface area contributed by atoms with Crippen molar-refractivity contribution in [2.24, 2.45) is 20.5 Å². The molecule has 0 saturated heterocycles. The number of halogens is 12. The van der Waals surface area contributed by atoms with Crippen LogP contribution in [0.4, 0.5) is 50.9 Å². The number of nitrogens with two attached hydrogens (primary N) is 3. The van der Waals surface area contributed by atoms with Crippen molar-refractivity contribution in [2.45, 2.75) is 78.7 Å². The Labute approximate surface area is 708 Å². The van der Waals surface area contributed by atoms with Crippen LogP contribution in [0.25, 0.3) is 45.3 Å². The van der Waals surface area contributed by atoms with Crippen molar-refractivity contribution >= 4 is 140 Å². The molecule has 12 aromatic rings. The summed E-state index contributed by atoms with van der Waals surface area (Å²) in [4.78, 5) is 16.1. The van der Waals surface area contributed by atoms with E-state index in [1.54, 1.807) is 84.9 Å². The topological polar surface area (TPSA) is 372 Å². The Hall–Kier alpha value is -10.5. The number of pyridine rings is 2. The summed E-state index contributed by atoms with van der Waals surface area (Å²) in [6.07, 6.45) is 1.82. The Morgan fingerprint density at radius 3 is 1.30 bits per heavy atom. The molecule has 0 amide bonds. The molecule has 8 aromatic carbocycles. The number of rotatable bonds is 18. The zero-order valence-electron chi connectivity index (χ0n) is 62.6. The van der Waals surface area contributed by atoms with Gasteiger partial charge in [-0.15, -0.1) is 0 Å². The van der Waals surface area contributed by atoms with E-state index in [4.69, 9.17) is 50.2 Å². The predicted molar refractivity (Wildman–Crippen MR) is 443 cm³/mol. The van der Waals surface area contributed by atoms with E-state index in [9.17, 15) is 90.0 Å². The molecule has 2 aliphatic rings. The third-order valence-electron chi connectivity index (χ3n) is 17.2. The number of aromatic nitrogens is 6. The van der Waals surface area contributed by atoms with Crippen molar-refractivity contribution in [3.63, 3.8) is 0 Å². The Kier molecular flexibility index (Phi) is 29.1. The van der Waals surface area contributed by atoms with Crippen molar-refractivity contribution < 1.29 is 94.7 Å². The number of hydrazone groups is 1. The highest BCUT2D eigenvalue weighted by Gasteiger charge is 2.38. The number of sulfonamides is 4. The second-order valence-electron chi connectivity index (χ2n) is 26.2. The van der Waals surface area contributed by atoms with Crippen molar-refractivity contribution in [2.75, 3.05) is 23.5 Å². The van der Waals surface area contributed by atoms with E-state index in [-0.39, 0.29) is 54.9 Å². The van der Waals surface area contributed by atoms with E-state index in [1.165, 1.54) is 165 Å². The lowest BCUT2D eigenvalue weighted by Crippen LogP contribution is -2.14. The molecule has 24 nitrogen and oxygen atoms in total. The fourth-order valence-electron chi connectivity index (χ4n) is 11.6. The monoisotopic (exact) mass is 1860 g/mol. The summed E-state index contributed by atoms with van der Waals surface area (Å²) in [5, 5.41) is 20.5. The normalized spacial score (nSPS) is 13.4. The number of primary sulfonamides is 3. The maximum absolute atomic E-state index is 13.1. The lowest BCUT2D eigenvalue weighted by atomic mass is 9.97. The lowest BCUT2D eigenvalue weighted by Gasteiger charge is -2.12. The van der Waals surface area contributed by atoms with E-state index in [1.807, 2.05) is 12.1 Å². The SMILES string of the molecule is CS(=O)(=O)Nc1ccc(S(N)(=O)=O)cc1Sc1ccc(Cl)cc1Cl.CS(=O)(=O)c1ccc(-n2cc(C(F)(F)F)nc2-c2cccnc2)cc1.CS(=O)(=O)c1ccc(C2=C(c3ccc(F)cc3)CCC2)cc1.NS(=O)(=O)c1ccc(-n2cc(C(F)(F)F)nc2-c2cccnc2)cc1.NS(=O)(=O)c1ccc([N+]2=C(c3ccc(Cl)cc3)CC(C(F)F)=N2)cc1. The number of anilines is 1. The van der Waals surface area contributed by atoms with Gasteiger partial charge in [0.05, 0.1) is 47.9 Å². The summed E-state index contributed by atoms with van der Waals surface area (Å²) >= 11 is 18.9. The van der Waals surface area contributed by atoms with Crippen LogP contribution < -0.4 is 20.1 Å². The fourth-order valence-corrected chi connectivity index (χ4v) is 16.7. The minimum atomic E-state index is -4.62. The van der Waals surface area contributed by atoms with Crippen molar-refractivity contribution in [3.8, 4) is 34.2 Å². The van der Waals surface area contributed by atoms with Gasteiger partial charge < -0.3 is 0 Å². The highest BCUT2D eigenvalue weighted by Crippen LogP contribution is 2.43. The number of benzene rings is 8. The molecule has 43 heteroatoms. The van der Waals surface area contributed by atoms with Crippen LogP contribution in [0.1, 0.15) is 53.8 Å². The number of hydrogen-bond acceptors (Lipinski definition) is 18. The molecule has 0 bridgehead atoms. The van der Waals surface area contributed by atoms with Gasteiger partial charge in [0, 0.05) is 115 Å². The molecular formula is C78H65Cl3F9N12O12S7+. The van der Waals surface area contributed by atoms with E-state index in [0.29, 0.717) is 69.2 Å². The van der Waals surface area contributed by atoms with E-state index < -0.39 is 89.9 Å². The quantitative estimate of drug-likeness (QED) is 0.0458. The van der Waals surface area contributed by atoms with Gasteiger partial charge in [-0.3, -0.25) is 23.8 Å². The molecule has 0 saturated carbocycles. The zero-order valence-corrected chi connectivity index (χ0v) is 70.6. The molecule has 0 radical (unpaired) electrons. The van der Waals surface area contributed by atoms with Gasteiger partial charge in [-0.1, -0.05) is 70.8 Å². The highest BCUT2D eigenvalue weighted by atomic mass is 35.5. The Morgan fingerprint density at radius 2 is 0.893 bits per heavy atom. The number of alkyl halides is 8. The maximum Gasteiger partial charge on any atom is 0.434 e. The van der Waals surface area contributed by atoms with Gasteiger partial charge in [0.25, 0.3) is 6.43 Å². The van der Waals surface area contributed by atoms with Crippen LogP contribution >= 0.6 is 46.6 Å². The molecule has 121 heavy (non-hydrogen) atoms. The van der Waals surface area contributed by atoms with Gasteiger partial charge in [-0.25, -0.2) is 89.1 Å². The number of allylic oxidation sites excluding steroid dienone is 2. The molecule has 1 aliphatic heterocycles. The Balaban J connectivity index is 0.000000159. The average molecular weight is 1860 g/mol. The molecule has 4 aromatic heterocycles. The van der Waals surface area contributed by atoms with Crippen LogP contribution in [0.15, 0.2) is 283 Å². The molecular weight excluding hydrogens is 1800 g/mol. The number of hydrogen-bond donors (Lipinski definition) is 4. The molecule has 7 N–H and O–H groups in total. The summed E-state index contributed by atoms with van der Waals surface area (Å²) in [6, 6.07) is 51.5. The second kappa shape index (κ2) is 37.9. The zero-order chi connectivity index (χ0) is 88.5. The van der Waals surface area contributed by atoms with Crippen LogP contribution in [0.2, 0.25) is 15.1 Å². The van der Waals surface area contributed by atoms with Crippen molar-refractivity contribution in [1.29, 1.82) is 0 Å². The number of sulfone groups is 2. The van der Waals surface area contributed by atoms with Gasteiger partial charge in [0.2, 0.25) is 51.5 Å². The van der Waals surface area contributed by atoms with Gasteiger partial charge in [-0.2, -0.15) is 26.3 Å². The van der Waals surface area contributed by atoms with Gasteiger partial charge in [-0.05, 0) is 216 Å². The standard InChI is InChI=1S/C18H17FO2S.C16H13ClF2N3O2S.C16H12F3N3O2S.C15H11F3N4O2S.C13H12Cl2N2O4S3/c1-22(20,21)16-11-7-14(8-12-16)18-4-2-3-17(18)13-5-9-15(19)10-6-13;17-11-3-1-10(2-4-11)15-9-14(16(18)19)21-22(15)12-5-7-13(8-6-12)25(20,23)24;1-25(23,24)13-6-4-12(5-7-13)22-10-14(16(17,18)19)21-15(22)11-3-2-8-20-9-11;16-15(17,18)13-9-22(14(21-13)10-2-1-7-20-8-10)11-3-5-12(6-4-11)25(19,23)24;1-23(18,19)17-11-4-3-9(24(16,20)21)7-13(11)22-12-5-2-8(14)6-10(12)15/h5-12H,2-4H2,1H3;1-8,16H,9H2,(H2,20,23,24);2-10H,1H3;1-9H,(H2,19,23,24);2-7,17H,1H3,(H2,16,20,21)/q;+1;;;. The average Bonchev–Trinajstić information content (AvgIpc) is 1.64. The van der Waals surface area contributed by atoms with Crippen molar-refractivity contribution in [3.05, 3.63) is 292 Å². The first-order chi connectivity index (χ1) is 56.5. The maximum atomic E-state index is 13.1. The third kappa shape index (κ3) is 25.1. The Morgan fingerprint density at radius 1 is 0.479 bits per heavy atom. The largest absolute Gasteiger partial charge is 0.434 e. The van der Waals surface area contributed by atoms with E-state index in [0.717, 1.165) is 67.1 Å². The van der Waals surface area contributed by atoms with E-state index in [2.05, 4.69) is 29.8 Å². The minimum Gasteiger partial charge on any atom is -0.299 e. The second-order valence-corrected chi connectivity index (χ2v) is 39.0. The smallest absolute Gasteiger partial charge is 0.299 e. The van der Waals surface area contributed by atoms with Gasteiger partial charge >= 0.3 is 12.4 Å². The van der Waals surface area contributed by atoms with Crippen LogP contribution in [0.5, 0.6) is 0 Å². The van der Waals surface area contributed by atoms with Gasteiger partial charge in [0.1, 0.15) is 17.5 Å². The summed E-state index contributed by atoms with van der Waals surface area (Å²) < 4.78 is 261. The minimum absolute atomic E-state index is 0.0176. The molecule has 1 aliphatic carbocycles. The van der Waals surface area contributed by atoms with Gasteiger partial charge in [0.15, 0.2) is 36.8 Å². The molecule has 0 atom stereocenters. The molecule has 634 valence electrons. The summed E-state index contributed by atoms with van der Waals surface area (Å²) in [6.45, 7) is 0. The fraction of sp³-hybridized carbons (Fsp3) is 0.128. The van der Waals surface area contributed by atoms with Crippen molar-refractivity contribution in [1.82, 2.24) is 29.1 Å². The predicted octanol–water partition coefficient (Wildman–Crippen LogP) is 16.6. The molecule has 5 heterocycles. The number of nitrogens with zero attached hydrogens (tertiary/aromatic N) is 8. The highest BCUT2D eigenvalue weighted by molar-refractivity contribution is 8.00. The van der Waals surface area contributed by atoms with E-state index >= 15 is 0 Å². The summed E-state index contributed by atoms with van der Waals surface area (Å²) in [7, 11) is -21.8. The lowest BCUT2D eigenvalue weighted by molar-refractivity contribution is -0.442. The number of imidazole rings is 2. The molecule has 0 fully saturated rings. The third-order valence-corrected chi connectivity index (χ3v) is 24.9. The summed E-state index contributed by atoms with van der Waals surface area (Å²) in [5.74, 6) is -0.141. The Bertz CT molecular complexity index is 6490. The first-order valence-electron chi connectivity index (χ1n) is 34.5. The molecule has 0 spiro atoms. The molecule has 0 unspecified atom stereocenters. The summed E-state index contributed by atoms with van der Waals surface area (Å²) in [5.41, 5.74) is 5.52. The molecule has 14 rings (SSSR count). The van der Waals surface area contributed by atoms with Crippen LogP contribution in [-0.2, 0) is 72.1 Å². The van der Waals surface area contributed by atoms with Crippen LogP contribution in [-0.4, -0.2) is 121 Å². The van der Waals surface area contributed by atoms with Crippen LogP contribution in [0.3, 0.4) is 0 Å². The van der Waals surface area contributed by atoms with Crippen LogP contribution in [0, 0.1) is 5.82 Å². The first-order valence-corrected chi connectivity index (χ1v) is 46.8. The number of nitrogens with one attached hydrogen (secondary N) is 1.